The molecule has 100 valence electrons. The van der Waals surface area contributed by atoms with Gasteiger partial charge in [-0.25, -0.2) is 0 Å². The Hall–Kier alpha value is -1.61. The lowest BCUT2D eigenvalue weighted by atomic mass is 10.2. The first kappa shape index (κ1) is 13.8. The van der Waals surface area contributed by atoms with E-state index in [0.29, 0.717) is 11.3 Å². The van der Waals surface area contributed by atoms with Crippen LogP contribution in [0.1, 0.15) is 16.9 Å². The maximum atomic E-state index is 11.6. The molecule has 0 saturated heterocycles. The Labute approximate surface area is 112 Å². The van der Waals surface area contributed by atoms with Crippen LogP contribution in [0.25, 0.3) is 0 Å². The molecule has 0 aliphatic rings. The van der Waals surface area contributed by atoms with E-state index in [0.717, 1.165) is 5.56 Å². The van der Waals surface area contributed by atoms with Crippen LogP contribution in [0.15, 0.2) is 54.6 Å². The van der Waals surface area contributed by atoms with Gasteiger partial charge in [-0.3, -0.25) is 4.57 Å². The first-order valence-electron chi connectivity index (χ1n) is 5.90. The molecule has 0 fully saturated rings. The van der Waals surface area contributed by atoms with Crippen LogP contribution < -0.4 is 5.32 Å². The summed E-state index contributed by atoms with van der Waals surface area (Å²) >= 11 is 0. The second kappa shape index (κ2) is 5.57. The van der Waals surface area contributed by atoms with Crippen molar-refractivity contribution in [3.8, 4) is 0 Å². The lowest BCUT2D eigenvalue weighted by Gasteiger charge is -2.21. The van der Waals surface area contributed by atoms with E-state index in [2.05, 4.69) is 5.32 Å². The van der Waals surface area contributed by atoms with Gasteiger partial charge < -0.3 is 15.1 Å². The van der Waals surface area contributed by atoms with Gasteiger partial charge in [0.15, 0.2) is 5.78 Å². The Kier molecular flexibility index (Phi) is 4.05. The van der Waals surface area contributed by atoms with Crippen molar-refractivity contribution in [1.82, 2.24) is 0 Å². The van der Waals surface area contributed by atoms with Crippen molar-refractivity contribution in [2.24, 2.45) is 0 Å². The lowest BCUT2D eigenvalue weighted by molar-refractivity contribution is 0.363. The third kappa shape index (κ3) is 3.67. The van der Waals surface area contributed by atoms with Gasteiger partial charge in [-0.1, -0.05) is 48.0 Å². The summed E-state index contributed by atoms with van der Waals surface area (Å²) in [6.45, 7) is 1.96. The van der Waals surface area contributed by atoms with Gasteiger partial charge in [0.05, 0.1) is 0 Å². The van der Waals surface area contributed by atoms with Crippen molar-refractivity contribution < 1.29 is 14.4 Å². The topological polar surface area (TPSA) is 69.6 Å². The molecule has 0 aliphatic carbocycles. The van der Waals surface area contributed by atoms with Crippen LogP contribution >= 0.6 is 7.60 Å². The fourth-order valence-corrected chi connectivity index (χ4v) is 2.68. The summed E-state index contributed by atoms with van der Waals surface area (Å²) in [5.41, 5.74) is 2.34. The van der Waals surface area contributed by atoms with Crippen LogP contribution in [0.2, 0.25) is 0 Å². The van der Waals surface area contributed by atoms with Gasteiger partial charge >= 0.3 is 7.60 Å². The zero-order chi connectivity index (χ0) is 13.9. The molecular weight excluding hydrogens is 261 g/mol. The normalized spacial score (nSPS) is 13.0. The van der Waals surface area contributed by atoms with Gasteiger partial charge in [-0.2, -0.15) is 0 Å². The highest BCUT2D eigenvalue weighted by Crippen LogP contribution is 2.51. The monoisotopic (exact) mass is 277 g/mol. The molecule has 4 nitrogen and oxygen atoms in total. The zero-order valence-electron chi connectivity index (χ0n) is 10.5. The van der Waals surface area contributed by atoms with Gasteiger partial charge in [-0.05, 0) is 24.6 Å². The number of anilines is 1. The number of nitrogens with one attached hydrogen (secondary N) is 1. The number of rotatable bonds is 4. The molecule has 5 heteroatoms. The summed E-state index contributed by atoms with van der Waals surface area (Å²) in [4.78, 5) is 19.0. The number of benzene rings is 2. The molecule has 0 bridgehead atoms. The van der Waals surface area contributed by atoms with Crippen molar-refractivity contribution in [1.29, 1.82) is 0 Å². The maximum Gasteiger partial charge on any atom is 0.352 e. The molecule has 0 amide bonds. The van der Waals surface area contributed by atoms with E-state index >= 15 is 0 Å². The molecule has 0 unspecified atom stereocenters. The number of hydrogen-bond acceptors (Lipinski definition) is 2. The van der Waals surface area contributed by atoms with Gasteiger partial charge in [0, 0.05) is 5.69 Å². The Morgan fingerprint density at radius 2 is 1.58 bits per heavy atom. The van der Waals surface area contributed by atoms with Crippen LogP contribution in [0, 0.1) is 6.92 Å². The van der Waals surface area contributed by atoms with Crippen LogP contribution in [-0.4, -0.2) is 9.79 Å². The molecule has 0 saturated carbocycles. The van der Waals surface area contributed by atoms with E-state index in [-0.39, 0.29) is 0 Å². The van der Waals surface area contributed by atoms with Crippen molar-refractivity contribution in [2.75, 3.05) is 5.32 Å². The molecule has 0 aromatic heterocycles. The second-order valence-electron chi connectivity index (χ2n) is 4.41. The lowest BCUT2D eigenvalue weighted by Crippen LogP contribution is -2.11. The molecule has 19 heavy (non-hydrogen) atoms. The Balaban J connectivity index is 2.30. The average Bonchev–Trinajstić information content (AvgIpc) is 2.37. The largest absolute Gasteiger partial charge is 0.368 e. The summed E-state index contributed by atoms with van der Waals surface area (Å²) < 4.78 is 11.6. The maximum absolute atomic E-state index is 11.6. The quantitative estimate of drug-likeness (QED) is 0.750. The average molecular weight is 277 g/mol. The van der Waals surface area contributed by atoms with E-state index in [1.54, 1.807) is 36.4 Å². The molecule has 0 aliphatic heterocycles. The van der Waals surface area contributed by atoms with Crippen molar-refractivity contribution in [3.05, 3.63) is 65.7 Å². The molecule has 0 spiro atoms. The highest BCUT2D eigenvalue weighted by Gasteiger charge is 2.30. The molecular formula is C14H16NO3P. The van der Waals surface area contributed by atoms with Crippen molar-refractivity contribution in [3.63, 3.8) is 0 Å². The highest BCUT2D eigenvalue weighted by molar-refractivity contribution is 7.52. The smallest absolute Gasteiger partial charge is 0.352 e. The molecule has 1 atom stereocenters. The molecule has 3 N–H and O–H groups in total. The highest BCUT2D eigenvalue weighted by atomic mass is 31.2. The molecule has 2 rings (SSSR count). The predicted molar refractivity (Wildman–Crippen MR) is 76.0 cm³/mol. The number of aryl methyl sites for hydroxylation is 1. The molecule has 2 aromatic rings. The minimum atomic E-state index is -4.29. The molecule has 2 aromatic carbocycles. The molecule has 0 heterocycles. The van der Waals surface area contributed by atoms with Crippen LogP contribution in [0.4, 0.5) is 5.69 Å². The summed E-state index contributed by atoms with van der Waals surface area (Å²) in [7, 11) is -4.29. The van der Waals surface area contributed by atoms with Crippen LogP contribution in [0.3, 0.4) is 0 Å². The van der Waals surface area contributed by atoms with E-state index in [4.69, 9.17) is 0 Å². The van der Waals surface area contributed by atoms with E-state index < -0.39 is 13.4 Å². The summed E-state index contributed by atoms with van der Waals surface area (Å²) in [6.07, 6.45) is 0. The van der Waals surface area contributed by atoms with Gasteiger partial charge in [0.2, 0.25) is 0 Å². The fourth-order valence-electron chi connectivity index (χ4n) is 1.80. The first-order chi connectivity index (χ1) is 8.97. The van der Waals surface area contributed by atoms with Gasteiger partial charge in [0.1, 0.15) is 0 Å². The van der Waals surface area contributed by atoms with Crippen LogP contribution in [-0.2, 0) is 4.57 Å². The van der Waals surface area contributed by atoms with Crippen molar-refractivity contribution >= 4 is 13.3 Å². The first-order valence-corrected chi connectivity index (χ1v) is 7.58. The predicted octanol–water partition coefficient (Wildman–Crippen LogP) is 3.28. The van der Waals surface area contributed by atoms with E-state index in [1.165, 1.54) is 0 Å². The standard InChI is InChI=1S/C14H16NO3P/c1-11-7-9-13(10-8-11)15-14(19(16,17)18)12-5-3-2-4-6-12/h2-10,14-15H,1H3,(H2,16,17,18)/t14-/m0/s1. The minimum absolute atomic E-state index is 0.566. The van der Waals surface area contributed by atoms with E-state index in [1.807, 2.05) is 25.1 Å². The third-order valence-electron chi connectivity index (χ3n) is 2.81. The Bertz CT molecular complexity index is 577. The van der Waals surface area contributed by atoms with Crippen LogP contribution in [0.5, 0.6) is 0 Å². The van der Waals surface area contributed by atoms with Gasteiger partial charge in [-0.15, -0.1) is 0 Å². The Morgan fingerprint density at radius 3 is 2.11 bits per heavy atom. The van der Waals surface area contributed by atoms with E-state index in [9.17, 15) is 14.4 Å². The third-order valence-corrected chi connectivity index (χ3v) is 3.91. The van der Waals surface area contributed by atoms with Crippen molar-refractivity contribution in [2.45, 2.75) is 12.7 Å². The second-order valence-corrected chi connectivity index (χ2v) is 6.11. The summed E-state index contributed by atoms with van der Waals surface area (Å²) in [6, 6.07) is 16.1. The summed E-state index contributed by atoms with van der Waals surface area (Å²) in [5, 5.41) is 2.90. The fraction of sp³-hybridized carbons (Fsp3) is 0.143. The zero-order valence-corrected chi connectivity index (χ0v) is 11.4. The van der Waals surface area contributed by atoms with Gasteiger partial charge in [0.25, 0.3) is 0 Å². The Morgan fingerprint density at radius 1 is 1.00 bits per heavy atom. The summed E-state index contributed by atoms with van der Waals surface area (Å²) in [5.74, 6) is -1.03. The minimum Gasteiger partial charge on any atom is -0.368 e. The SMILES string of the molecule is Cc1ccc(N[C@H](c2ccccc2)P(=O)(O)O)cc1. The number of hydrogen-bond donors (Lipinski definition) is 3. The molecule has 0 radical (unpaired) electrons.